The Morgan fingerprint density at radius 3 is 2.58 bits per heavy atom. The first-order valence-corrected chi connectivity index (χ1v) is 4.23. The molecule has 1 heterocycles. The highest BCUT2D eigenvalue weighted by Crippen LogP contribution is 1.93. The van der Waals surface area contributed by atoms with Crippen LogP contribution in [0, 0.1) is 5.92 Å². The van der Waals surface area contributed by atoms with Crippen molar-refractivity contribution in [2.45, 2.75) is 20.4 Å². The van der Waals surface area contributed by atoms with Crippen molar-refractivity contribution in [3.8, 4) is 0 Å². The fraction of sp³-hybridized carbons (Fsp3) is 0.556. The molecule has 0 saturated carbocycles. The van der Waals surface area contributed by atoms with E-state index in [0.29, 0.717) is 5.92 Å². The van der Waals surface area contributed by atoms with Gasteiger partial charge in [0, 0.05) is 24.5 Å². The van der Waals surface area contributed by atoms with Crippen LogP contribution < -0.4 is 5.32 Å². The number of nitrogens with one attached hydrogen (secondary N) is 1. The SMILES string of the molecule is CC(C)CNCc1cncnc1. The number of hydrogen-bond acceptors (Lipinski definition) is 3. The number of hydrogen-bond donors (Lipinski definition) is 1. The van der Waals surface area contributed by atoms with Gasteiger partial charge in [0.2, 0.25) is 0 Å². The Kier molecular flexibility index (Phi) is 3.67. The third-order valence-electron chi connectivity index (χ3n) is 1.50. The van der Waals surface area contributed by atoms with E-state index in [1.54, 1.807) is 6.33 Å². The van der Waals surface area contributed by atoms with E-state index in [2.05, 4.69) is 29.1 Å². The molecule has 1 N–H and O–H groups in total. The van der Waals surface area contributed by atoms with Gasteiger partial charge in [0.1, 0.15) is 6.33 Å². The van der Waals surface area contributed by atoms with Gasteiger partial charge in [-0.25, -0.2) is 9.97 Å². The van der Waals surface area contributed by atoms with E-state index in [4.69, 9.17) is 0 Å². The first-order chi connectivity index (χ1) is 5.79. The first kappa shape index (κ1) is 9.13. The molecule has 3 heteroatoms. The molecule has 12 heavy (non-hydrogen) atoms. The lowest BCUT2D eigenvalue weighted by molar-refractivity contribution is 0.551. The molecule has 1 aromatic heterocycles. The van der Waals surface area contributed by atoms with Crippen molar-refractivity contribution in [3.63, 3.8) is 0 Å². The maximum absolute atomic E-state index is 3.93. The van der Waals surface area contributed by atoms with Gasteiger partial charge in [0.15, 0.2) is 0 Å². The zero-order chi connectivity index (χ0) is 8.81. The zero-order valence-electron chi connectivity index (χ0n) is 7.62. The molecule has 0 aliphatic carbocycles. The van der Waals surface area contributed by atoms with Crippen LogP contribution in [0.25, 0.3) is 0 Å². The quantitative estimate of drug-likeness (QED) is 0.729. The van der Waals surface area contributed by atoms with E-state index in [-0.39, 0.29) is 0 Å². The largest absolute Gasteiger partial charge is 0.312 e. The molecule has 0 aromatic carbocycles. The minimum atomic E-state index is 0.689. The molecule has 0 atom stereocenters. The Labute approximate surface area is 73.2 Å². The summed E-state index contributed by atoms with van der Waals surface area (Å²) in [6, 6.07) is 0. The summed E-state index contributed by atoms with van der Waals surface area (Å²) < 4.78 is 0. The topological polar surface area (TPSA) is 37.8 Å². The summed E-state index contributed by atoms with van der Waals surface area (Å²) in [5.74, 6) is 0.689. The predicted molar refractivity (Wildman–Crippen MR) is 48.6 cm³/mol. The fourth-order valence-corrected chi connectivity index (χ4v) is 0.926. The molecular formula is C9H15N3. The molecule has 0 fully saturated rings. The van der Waals surface area contributed by atoms with Gasteiger partial charge in [0.05, 0.1) is 0 Å². The van der Waals surface area contributed by atoms with Crippen molar-refractivity contribution in [1.29, 1.82) is 0 Å². The van der Waals surface area contributed by atoms with Crippen LogP contribution in [0.2, 0.25) is 0 Å². The highest BCUT2D eigenvalue weighted by molar-refractivity contribution is 5.01. The van der Waals surface area contributed by atoms with Crippen LogP contribution in [0.5, 0.6) is 0 Å². The summed E-state index contributed by atoms with van der Waals surface area (Å²) in [4.78, 5) is 7.86. The van der Waals surface area contributed by atoms with Crippen molar-refractivity contribution >= 4 is 0 Å². The van der Waals surface area contributed by atoms with E-state index in [1.165, 1.54) is 0 Å². The van der Waals surface area contributed by atoms with E-state index in [0.717, 1.165) is 18.7 Å². The lowest BCUT2D eigenvalue weighted by atomic mass is 10.2. The maximum atomic E-state index is 3.93. The Hall–Kier alpha value is -0.960. The summed E-state index contributed by atoms with van der Waals surface area (Å²) in [5, 5.41) is 3.32. The summed E-state index contributed by atoms with van der Waals surface area (Å²) in [5.41, 5.74) is 1.14. The van der Waals surface area contributed by atoms with Crippen molar-refractivity contribution in [2.75, 3.05) is 6.54 Å². The van der Waals surface area contributed by atoms with Crippen LogP contribution >= 0.6 is 0 Å². The molecule has 0 spiro atoms. The normalized spacial score (nSPS) is 10.6. The molecule has 0 amide bonds. The molecule has 0 aliphatic heterocycles. The van der Waals surface area contributed by atoms with Gasteiger partial charge in [-0.15, -0.1) is 0 Å². The van der Waals surface area contributed by atoms with Gasteiger partial charge in [-0.05, 0) is 12.5 Å². The smallest absolute Gasteiger partial charge is 0.115 e. The van der Waals surface area contributed by atoms with Crippen LogP contribution in [-0.4, -0.2) is 16.5 Å². The molecule has 1 rings (SSSR count). The van der Waals surface area contributed by atoms with E-state index in [1.807, 2.05) is 12.4 Å². The average Bonchev–Trinajstić information content (AvgIpc) is 2.05. The van der Waals surface area contributed by atoms with E-state index < -0.39 is 0 Å². The lowest BCUT2D eigenvalue weighted by Gasteiger charge is -2.05. The van der Waals surface area contributed by atoms with Gasteiger partial charge in [-0.1, -0.05) is 13.8 Å². The monoisotopic (exact) mass is 165 g/mol. The molecule has 0 saturated heterocycles. The molecular weight excluding hydrogens is 150 g/mol. The van der Waals surface area contributed by atoms with Gasteiger partial charge in [0.25, 0.3) is 0 Å². The second-order valence-electron chi connectivity index (χ2n) is 3.27. The Morgan fingerprint density at radius 2 is 2.00 bits per heavy atom. The number of rotatable bonds is 4. The molecule has 0 aliphatic rings. The zero-order valence-corrected chi connectivity index (χ0v) is 7.62. The molecule has 3 nitrogen and oxygen atoms in total. The maximum Gasteiger partial charge on any atom is 0.115 e. The standard InChI is InChI=1S/C9H15N3/c1-8(2)3-10-4-9-5-11-7-12-6-9/h5-8,10H,3-4H2,1-2H3. The van der Waals surface area contributed by atoms with E-state index >= 15 is 0 Å². The summed E-state index contributed by atoms with van der Waals surface area (Å²) in [7, 11) is 0. The van der Waals surface area contributed by atoms with Crippen LogP contribution in [0.1, 0.15) is 19.4 Å². The molecule has 0 radical (unpaired) electrons. The van der Waals surface area contributed by atoms with Crippen LogP contribution in [0.4, 0.5) is 0 Å². The van der Waals surface area contributed by atoms with Crippen molar-refractivity contribution < 1.29 is 0 Å². The van der Waals surface area contributed by atoms with Crippen LogP contribution in [0.3, 0.4) is 0 Å². The highest BCUT2D eigenvalue weighted by atomic mass is 14.9. The Balaban J connectivity index is 2.25. The lowest BCUT2D eigenvalue weighted by Crippen LogP contribution is -2.19. The fourth-order valence-electron chi connectivity index (χ4n) is 0.926. The van der Waals surface area contributed by atoms with Crippen LogP contribution in [0.15, 0.2) is 18.7 Å². The summed E-state index contributed by atoms with van der Waals surface area (Å²) in [6.45, 7) is 6.27. The molecule has 66 valence electrons. The Morgan fingerprint density at radius 1 is 1.33 bits per heavy atom. The third-order valence-corrected chi connectivity index (χ3v) is 1.50. The summed E-state index contributed by atoms with van der Waals surface area (Å²) in [6.07, 6.45) is 5.21. The first-order valence-electron chi connectivity index (χ1n) is 4.23. The molecule has 0 bridgehead atoms. The number of nitrogens with zero attached hydrogens (tertiary/aromatic N) is 2. The van der Waals surface area contributed by atoms with Crippen molar-refractivity contribution in [1.82, 2.24) is 15.3 Å². The molecule has 1 aromatic rings. The van der Waals surface area contributed by atoms with Crippen LogP contribution in [-0.2, 0) is 6.54 Å². The van der Waals surface area contributed by atoms with Gasteiger partial charge in [-0.2, -0.15) is 0 Å². The van der Waals surface area contributed by atoms with Gasteiger partial charge >= 0.3 is 0 Å². The third kappa shape index (κ3) is 3.44. The highest BCUT2D eigenvalue weighted by Gasteiger charge is 1.94. The minimum Gasteiger partial charge on any atom is -0.312 e. The summed E-state index contributed by atoms with van der Waals surface area (Å²) >= 11 is 0. The van der Waals surface area contributed by atoms with Gasteiger partial charge in [-0.3, -0.25) is 0 Å². The average molecular weight is 165 g/mol. The predicted octanol–water partition coefficient (Wildman–Crippen LogP) is 1.22. The van der Waals surface area contributed by atoms with Crippen molar-refractivity contribution in [3.05, 3.63) is 24.3 Å². The minimum absolute atomic E-state index is 0.689. The molecule has 0 unspecified atom stereocenters. The number of aromatic nitrogens is 2. The second kappa shape index (κ2) is 4.83. The van der Waals surface area contributed by atoms with E-state index in [9.17, 15) is 0 Å². The second-order valence-corrected chi connectivity index (χ2v) is 3.27. The van der Waals surface area contributed by atoms with Gasteiger partial charge < -0.3 is 5.32 Å². The van der Waals surface area contributed by atoms with Crippen molar-refractivity contribution in [2.24, 2.45) is 5.92 Å². The Bertz CT molecular complexity index is 208.